The van der Waals surface area contributed by atoms with Crippen LogP contribution in [0, 0.1) is 0 Å². The molecule has 0 unspecified atom stereocenters. The minimum absolute atomic E-state index is 0.369. The van der Waals surface area contributed by atoms with E-state index in [-0.39, 0.29) is 0 Å². The van der Waals surface area contributed by atoms with Gasteiger partial charge in [-0.05, 0) is 24.0 Å². The van der Waals surface area contributed by atoms with Gasteiger partial charge >= 0.3 is 0 Å². The Hall–Kier alpha value is -1.81. The summed E-state index contributed by atoms with van der Waals surface area (Å²) < 4.78 is 10.5. The van der Waals surface area contributed by atoms with Crippen LogP contribution < -0.4 is 5.73 Å². The summed E-state index contributed by atoms with van der Waals surface area (Å²) in [6, 6.07) is 8.39. The lowest BCUT2D eigenvalue weighted by molar-refractivity contribution is 0.149. The van der Waals surface area contributed by atoms with Crippen LogP contribution in [0.3, 0.4) is 0 Å². The van der Waals surface area contributed by atoms with Crippen LogP contribution in [-0.4, -0.2) is 18.4 Å². The van der Waals surface area contributed by atoms with E-state index >= 15 is 0 Å². The van der Waals surface area contributed by atoms with Gasteiger partial charge in [0.15, 0.2) is 0 Å². The van der Waals surface area contributed by atoms with Crippen LogP contribution >= 0.6 is 0 Å². The molecule has 20 heavy (non-hydrogen) atoms. The van der Waals surface area contributed by atoms with Crippen molar-refractivity contribution >= 4 is 5.88 Å². The SMILES string of the molecule is CCOCCc1noc(N)c1-c1ccc(C(C)C)cc1. The van der Waals surface area contributed by atoms with Gasteiger partial charge in [0, 0.05) is 13.0 Å². The molecule has 0 radical (unpaired) electrons. The van der Waals surface area contributed by atoms with Crippen molar-refractivity contribution in [3.05, 3.63) is 35.5 Å². The molecule has 0 bridgehead atoms. The van der Waals surface area contributed by atoms with E-state index < -0.39 is 0 Å². The molecule has 1 heterocycles. The molecule has 4 nitrogen and oxygen atoms in total. The molecule has 0 fully saturated rings. The van der Waals surface area contributed by atoms with E-state index in [0.29, 0.717) is 31.4 Å². The van der Waals surface area contributed by atoms with Crippen LogP contribution in [0.15, 0.2) is 28.8 Å². The fraction of sp³-hybridized carbons (Fsp3) is 0.438. The quantitative estimate of drug-likeness (QED) is 0.817. The van der Waals surface area contributed by atoms with E-state index in [0.717, 1.165) is 16.8 Å². The largest absolute Gasteiger partial charge is 0.381 e. The van der Waals surface area contributed by atoms with Gasteiger partial charge in [-0.2, -0.15) is 0 Å². The van der Waals surface area contributed by atoms with Gasteiger partial charge < -0.3 is 15.0 Å². The molecule has 0 aliphatic carbocycles. The number of anilines is 1. The number of nitrogens with zero attached hydrogens (tertiary/aromatic N) is 1. The normalized spacial score (nSPS) is 11.2. The van der Waals surface area contributed by atoms with Crippen molar-refractivity contribution in [1.82, 2.24) is 5.16 Å². The van der Waals surface area contributed by atoms with Gasteiger partial charge in [-0.25, -0.2) is 0 Å². The zero-order valence-corrected chi connectivity index (χ0v) is 12.3. The average molecular weight is 274 g/mol. The summed E-state index contributed by atoms with van der Waals surface area (Å²) in [5.41, 5.74) is 10.00. The molecule has 2 N–H and O–H groups in total. The third kappa shape index (κ3) is 3.20. The lowest BCUT2D eigenvalue weighted by Crippen LogP contribution is -2.00. The number of rotatable bonds is 6. The van der Waals surface area contributed by atoms with Crippen molar-refractivity contribution in [3.63, 3.8) is 0 Å². The van der Waals surface area contributed by atoms with Gasteiger partial charge in [-0.1, -0.05) is 43.3 Å². The zero-order valence-electron chi connectivity index (χ0n) is 12.3. The summed E-state index contributed by atoms with van der Waals surface area (Å²) >= 11 is 0. The lowest BCUT2D eigenvalue weighted by Gasteiger charge is -2.07. The fourth-order valence-electron chi connectivity index (χ4n) is 2.17. The van der Waals surface area contributed by atoms with Gasteiger partial charge in [0.2, 0.25) is 5.88 Å². The van der Waals surface area contributed by atoms with Crippen LogP contribution in [-0.2, 0) is 11.2 Å². The Morgan fingerprint density at radius 3 is 2.55 bits per heavy atom. The number of hydrogen-bond donors (Lipinski definition) is 1. The third-order valence-electron chi connectivity index (χ3n) is 3.34. The Labute approximate surface area is 119 Å². The highest BCUT2D eigenvalue weighted by molar-refractivity contribution is 5.75. The molecule has 1 aromatic carbocycles. The maximum Gasteiger partial charge on any atom is 0.230 e. The third-order valence-corrected chi connectivity index (χ3v) is 3.34. The monoisotopic (exact) mass is 274 g/mol. The Morgan fingerprint density at radius 2 is 1.95 bits per heavy atom. The maximum absolute atomic E-state index is 5.91. The van der Waals surface area contributed by atoms with Crippen LogP contribution in [0.1, 0.15) is 37.9 Å². The summed E-state index contributed by atoms with van der Waals surface area (Å²) in [6.45, 7) is 7.65. The molecule has 2 aromatic rings. The number of nitrogen functional groups attached to an aromatic ring is 1. The van der Waals surface area contributed by atoms with Gasteiger partial charge in [0.05, 0.1) is 17.9 Å². The molecule has 0 saturated heterocycles. The van der Waals surface area contributed by atoms with Crippen molar-refractivity contribution in [3.8, 4) is 11.1 Å². The fourth-order valence-corrected chi connectivity index (χ4v) is 2.17. The standard InChI is InChI=1S/C16H22N2O2/c1-4-19-10-9-14-15(16(17)20-18-14)13-7-5-12(6-8-13)11(2)3/h5-8,11H,4,9-10,17H2,1-3H3. The molecule has 4 heteroatoms. The molecule has 0 spiro atoms. The first-order valence-electron chi connectivity index (χ1n) is 7.05. The minimum Gasteiger partial charge on any atom is -0.381 e. The molecule has 0 aliphatic heterocycles. The first kappa shape index (κ1) is 14.6. The van der Waals surface area contributed by atoms with E-state index in [1.54, 1.807) is 0 Å². The van der Waals surface area contributed by atoms with E-state index in [2.05, 4.69) is 43.3 Å². The number of ether oxygens (including phenoxy) is 1. The van der Waals surface area contributed by atoms with Crippen molar-refractivity contribution in [2.75, 3.05) is 18.9 Å². The number of aromatic nitrogens is 1. The Morgan fingerprint density at radius 1 is 1.25 bits per heavy atom. The van der Waals surface area contributed by atoms with Crippen LogP contribution in [0.25, 0.3) is 11.1 Å². The highest BCUT2D eigenvalue weighted by Gasteiger charge is 2.15. The minimum atomic E-state index is 0.369. The number of nitrogens with two attached hydrogens (primary N) is 1. The molecule has 0 atom stereocenters. The second-order valence-corrected chi connectivity index (χ2v) is 5.09. The van der Waals surface area contributed by atoms with Gasteiger partial charge in [0.25, 0.3) is 0 Å². The summed E-state index contributed by atoms with van der Waals surface area (Å²) in [4.78, 5) is 0. The van der Waals surface area contributed by atoms with E-state index in [9.17, 15) is 0 Å². The van der Waals surface area contributed by atoms with Gasteiger partial charge in [0.1, 0.15) is 0 Å². The van der Waals surface area contributed by atoms with E-state index in [4.69, 9.17) is 15.0 Å². The number of hydrogen-bond acceptors (Lipinski definition) is 4. The smallest absolute Gasteiger partial charge is 0.230 e. The summed E-state index contributed by atoms with van der Waals surface area (Å²) in [5.74, 6) is 0.884. The first-order chi connectivity index (χ1) is 9.63. The van der Waals surface area contributed by atoms with Gasteiger partial charge in [-0.3, -0.25) is 0 Å². The highest BCUT2D eigenvalue weighted by Crippen LogP contribution is 2.31. The molecule has 108 valence electrons. The second kappa shape index (κ2) is 6.57. The summed E-state index contributed by atoms with van der Waals surface area (Å²) in [7, 11) is 0. The highest BCUT2D eigenvalue weighted by atomic mass is 16.5. The first-order valence-corrected chi connectivity index (χ1v) is 7.05. The predicted molar refractivity (Wildman–Crippen MR) is 80.6 cm³/mol. The van der Waals surface area contributed by atoms with Crippen molar-refractivity contribution < 1.29 is 9.26 Å². The number of benzene rings is 1. The molecular formula is C16H22N2O2. The van der Waals surface area contributed by atoms with E-state index in [1.807, 2.05) is 6.92 Å². The molecule has 0 aliphatic rings. The predicted octanol–water partition coefficient (Wildman–Crippen LogP) is 3.63. The van der Waals surface area contributed by atoms with Crippen molar-refractivity contribution in [2.24, 2.45) is 0 Å². The molecule has 1 aromatic heterocycles. The Bertz CT molecular complexity index is 544. The molecule has 2 rings (SSSR count). The molecular weight excluding hydrogens is 252 g/mol. The molecule has 0 saturated carbocycles. The average Bonchev–Trinajstić information content (AvgIpc) is 2.80. The Kier molecular flexibility index (Phi) is 4.79. The van der Waals surface area contributed by atoms with Crippen LogP contribution in [0.5, 0.6) is 0 Å². The van der Waals surface area contributed by atoms with Crippen molar-refractivity contribution in [1.29, 1.82) is 0 Å². The van der Waals surface area contributed by atoms with Gasteiger partial charge in [-0.15, -0.1) is 0 Å². The maximum atomic E-state index is 5.91. The van der Waals surface area contributed by atoms with Crippen molar-refractivity contribution in [2.45, 2.75) is 33.1 Å². The van der Waals surface area contributed by atoms with Crippen LogP contribution in [0.2, 0.25) is 0 Å². The summed E-state index contributed by atoms with van der Waals surface area (Å²) in [5, 5.41) is 4.04. The lowest BCUT2D eigenvalue weighted by atomic mass is 9.98. The Balaban J connectivity index is 2.24. The second-order valence-electron chi connectivity index (χ2n) is 5.09. The zero-order chi connectivity index (χ0) is 14.5. The molecule has 0 amide bonds. The summed E-state index contributed by atoms with van der Waals surface area (Å²) in [6.07, 6.45) is 0.704. The topological polar surface area (TPSA) is 61.3 Å². The van der Waals surface area contributed by atoms with Crippen LogP contribution in [0.4, 0.5) is 5.88 Å². The van der Waals surface area contributed by atoms with E-state index in [1.165, 1.54) is 5.56 Å².